The van der Waals surface area contributed by atoms with Gasteiger partial charge < -0.3 is 5.32 Å². The highest BCUT2D eigenvalue weighted by atomic mass is 32.2. The molecule has 2 aromatic carbocycles. The zero-order valence-corrected chi connectivity index (χ0v) is 17.6. The molecule has 0 atom stereocenters. The van der Waals surface area contributed by atoms with E-state index >= 15 is 0 Å². The van der Waals surface area contributed by atoms with Crippen molar-refractivity contribution in [3.05, 3.63) is 82.6 Å². The van der Waals surface area contributed by atoms with E-state index in [-0.39, 0.29) is 11.6 Å². The number of carbonyl (C=O) groups is 1. The smallest absolute Gasteiger partial charge is 0.277 e. The summed E-state index contributed by atoms with van der Waals surface area (Å²) in [6, 6.07) is 15.9. The maximum absolute atomic E-state index is 12.6. The van der Waals surface area contributed by atoms with Crippen LogP contribution >= 0.6 is 23.1 Å². The highest BCUT2D eigenvalue weighted by Gasteiger charge is 2.13. The van der Waals surface area contributed by atoms with Crippen LogP contribution in [0.25, 0.3) is 0 Å². The number of hydrogen-bond acceptors (Lipinski definition) is 6. The maximum Gasteiger partial charge on any atom is 0.277 e. The van der Waals surface area contributed by atoms with E-state index in [1.165, 1.54) is 0 Å². The molecule has 0 spiro atoms. The number of nitrogens with one attached hydrogen (secondary N) is 1. The van der Waals surface area contributed by atoms with E-state index in [9.17, 15) is 4.79 Å². The highest BCUT2D eigenvalue weighted by molar-refractivity contribution is 8.01. The second kappa shape index (κ2) is 8.59. The first-order chi connectivity index (χ1) is 14.1. The Morgan fingerprint density at radius 2 is 2.00 bits per heavy atom. The second-order valence-electron chi connectivity index (χ2n) is 6.57. The number of rotatable bonds is 6. The molecule has 0 aliphatic carbocycles. The Balaban J connectivity index is 1.41. The fraction of sp³-hybridized carbons (Fsp3) is 0.143. The number of amides is 1. The topological polar surface area (TPSA) is 72.7 Å². The van der Waals surface area contributed by atoms with Gasteiger partial charge in [0, 0.05) is 21.7 Å². The summed E-state index contributed by atoms with van der Waals surface area (Å²) in [5, 5.41) is 13.0. The van der Waals surface area contributed by atoms with E-state index in [0.29, 0.717) is 6.54 Å². The average molecular weight is 422 g/mol. The molecule has 0 radical (unpaired) electrons. The normalized spacial score (nSPS) is 10.8. The van der Waals surface area contributed by atoms with Gasteiger partial charge in [-0.25, -0.2) is 9.67 Å². The van der Waals surface area contributed by atoms with Gasteiger partial charge in [0.05, 0.1) is 12.7 Å². The van der Waals surface area contributed by atoms with Crippen LogP contribution in [-0.2, 0) is 6.54 Å². The summed E-state index contributed by atoms with van der Waals surface area (Å²) in [6.45, 7) is 4.53. The van der Waals surface area contributed by atoms with E-state index in [1.807, 2.05) is 67.8 Å². The SMILES string of the molecule is Cc1csc(Sc2ccc(NC(=O)c3cn(Cc4ccccc4)nn3)c(C)c2)n1. The zero-order valence-electron chi connectivity index (χ0n) is 16.0. The van der Waals surface area contributed by atoms with Crippen LogP contribution in [0, 0.1) is 13.8 Å². The fourth-order valence-electron chi connectivity index (χ4n) is 2.76. The standard InChI is InChI=1S/C21H19N5OS2/c1-14-10-17(29-21-22-15(2)13-28-21)8-9-18(14)23-20(27)19-12-26(25-24-19)11-16-6-4-3-5-7-16/h3-10,12-13H,11H2,1-2H3,(H,23,27). The molecule has 29 heavy (non-hydrogen) atoms. The second-order valence-corrected chi connectivity index (χ2v) is 8.75. The highest BCUT2D eigenvalue weighted by Crippen LogP contribution is 2.32. The third-order valence-corrected chi connectivity index (χ3v) is 6.25. The number of hydrogen-bond donors (Lipinski definition) is 1. The molecule has 0 unspecified atom stereocenters. The summed E-state index contributed by atoms with van der Waals surface area (Å²) in [7, 11) is 0. The molecule has 146 valence electrons. The van der Waals surface area contributed by atoms with Crippen LogP contribution in [0.4, 0.5) is 5.69 Å². The third-order valence-electron chi connectivity index (χ3n) is 4.21. The van der Waals surface area contributed by atoms with Crippen molar-refractivity contribution in [1.29, 1.82) is 0 Å². The van der Waals surface area contributed by atoms with Gasteiger partial charge in [-0.15, -0.1) is 16.4 Å². The van der Waals surface area contributed by atoms with Crippen molar-refractivity contribution in [3.63, 3.8) is 0 Å². The Morgan fingerprint density at radius 1 is 1.17 bits per heavy atom. The molecule has 8 heteroatoms. The van der Waals surface area contributed by atoms with Crippen LogP contribution in [-0.4, -0.2) is 25.9 Å². The van der Waals surface area contributed by atoms with Gasteiger partial charge in [0.2, 0.25) is 0 Å². The van der Waals surface area contributed by atoms with Gasteiger partial charge in [-0.1, -0.05) is 47.3 Å². The minimum atomic E-state index is -0.275. The molecule has 4 aromatic rings. The quantitative estimate of drug-likeness (QED) is 0.484. The molecule has 1 amide bonds. The summed E-state index contributed by atoms with van der Waals surface area (Å²) in [4.78, 5) is 18.1. The average Bonchev–Trinajstić information content (AvgIpc) is 3.34. The molecule has 0 saturated heterocycles. The molecule has 1 N–H and O–H groups in total. The molecule has 4 rings (SSSR count). The molecule has 2 heterocycles. The van der Waals surface area contributed by atoms with E-state index in [4.69, 9.17) is 0 Å². The molecule has 0 aliphatic rings. The molecule has 6 nitrogen and oxygen atoms in total. The van der Waals surface area contributed by atoms with Crippen LogP contribution < -0.4 is 5.32 Å². The minimum Gasteiger partial charge on any atom is -0.320 e. The van der Waals surface area contributed by atoms with E-state index < -0.39 is 0 Å². The van der Waals surface area contributed by atoms with Gasteiger partial charge in [-0.2, -0.15) is 0 Å². The zero-order chi connectivity index (χ0) is 20.2. The van der Waals surface area contributed by atoms with Gasteiger partial charge in [-0.05, 0) is 43.2 Å². The van der Waals surface area contributed by atoms with E-state index in [1.54, 1.807) is 34.0 Å². The number of carbonyl (C=O) groups excluding carboxylic acids is 1. The number of benzene rings is 2. The summed E-state index contributed by atoms with van der Waals surface area (Å²) in [6.07, 6.45) is 1.66. The first-order valence-electron chi connectivity index (χ1n) is 9.03. The first kappa shape index (κ1) is 19.4. The van der Waals surface area contributed by atoms with Crippen LogP contribution in [0.15, 0.2) is 69.3 Å². The van der Waals surface area contributed by atoms with Gasteiger partial charge in [-0.3, -0.25) is 4.79 Å². The Hall–Kier alpha value is -2.97. The fourth-order valence-corrected chi connectivity index (χ4v) is 4.67. The lowest BCUT2D eigenvalue weighted by Gasteiger charge is -2.08. The molecule has 0 aliphatic heterocycles. The lowest BCUT2D eigenvalue weighted by atomic mass is 10.2. The number of aryl methyl sites for hydroxylation is 2. The Labute approximate surface area is 177 Å². The van der Waals surface area contributed by atoms with Crippen LogP contribution in [0.1, 0.15) is 27.3 Å². The Morgan fingerprint density at radius 3 is 2.72 bits per heavy atom. The van der Waals surface area contributed by atoms with Gasteiger partial charge >= 0.3 is 0 Å². The lowest BCUT2D eigenvalue weighted by molar-refractivity contribution is 0.102. The Kier molecular flexibility index (Phi) is 5.73. The van der Waals surface area contributed by atoms with Gasteiger partial charge in [0.1, 0.15) is 0 Å². The minimum absolute atomic E-state index is 0.275. The lowest BCUT2D eigenvalue weighted by Crippen LogP contribution is -2.13. The molecule has 2 aromatic heterocycles. The summed E-state index contributed by atoms with van der Waals surface area (Å²) < 4.78 is 2.67. The van der Waals surface area contributed by atoms with Crippen LogP contribution in [0.2, 0.25) is 0 Å². The number of thiazole rings is 1. The Bertz CT molecular complexity index is 1140. The predicted molar refractivity (Wildman–Crippen MR) is 116 cm³/mol. The number of anilines is 1. The van der Waals surface area contributed by atoms with Crippen molar-refractivity contribution in [2.45, 2.75) is 29.6 Å². The number of nitrogens with zero attached hydrogens (tertiary/aromatic N) is 4. The van der Waals surface area contributed by atoms with Crippen molar-refractivity contribution in [3.8, 4) is 0 Å². The monoisotopic (exact) mass is 421 g/mol. The number of aromatic nitrogens is 4. The van der Waals surface area contributed by atoms with Crippen molar-refractivity contribution < 1.29 is 4.79 Å². The molecule has 0 bridgehead atoms. The molecule has 0 fully saturated rings. The first-order valence-corrected chi connectivity index (χ1v) is 10.7. The predicted octanol–water partition coefficient (Wildman–Crippen LogP) is 4.80. The van der Waals surface area contributed by atoms with Gasteiger partial charge in [0.15, 0.2) is 10.0 Å². The molecular weight excluding hydrogens is 402 g/mol. The van der Waals surface area contributed by atoms with Crippen molar-refractivity contribution in [1.82, 2.24) is 20.0 Å². The van der Waals surface area contributed by atoms with Crippen LogP contribution in [0.3, 0.4) is 0 Å². The van der Waals surface area contributed by atoms with Crippen molar-refractivity contribution in [2.75, 3.05) is 5.32 Å². The van der Waals surface area contributed by atoms with Crippen molar-refractivity contribution in [2.24, 2.45) is 0 Å². The van der Waals surface area contributed by atoms with Crippen molar-refractivity contribution >= 4 is 34.7 Å². The molecule has 0 saturated carbocycles. The van der Waals surface area contributed by atoms with Gasteiger partial charge in [0.25, 0.3) is 5.91 Å². The largest absolute Gasteiger partial charge is 0.320 e. The van der Waals surface area contributed by atoms with E-state index in [0.717, 1.165) is 31.7 Å². The third kappa shape index (κ3) is 4.90. The maximum atomic E-state index is 12.6. The summed E-state index contributed by atoms with van der Waals surface area (Å²) >= 11 is 3.25. The summed E-state index contributed by atoms with van der Waals surface area (Å²) in [5.41, 5.74) is 4.15. The summed E-state index contributed by atoms with van der Waals surface area (Å²) in [5.74, 6) is -0.275. The molecular formula is C21H19N5OS2. The van der Waals surface area contributed by atoms with E-state index in [2.05, 4.69) is 20.6 Å². The van der Waals surface area contributed by atoms with Crippen LogP contribution in [0.5, 0.6) is 0 Å².